The van der Waals surface area contributed by atoms with E-state index in [9.17, 15) is 4.79 Å². The number of carbonyl (C=O) groups excluding carboxylic acids is 1. The molecule has 2 amide bonds. The Morgan fingerprint density at radius 2 is 1.80 bits per heavy atom. The smallest absolute Gasteiger partial charge is 0.319 e. The summed E-state index contributed by atoms with van der Waals surface area (Å²) in [5, 5.41) is 6.23. The molecule has 0 atom stereocenters. The predicted octanol–water partition coefficient (Wildman–Crippen LogP) is 4.22. The molecule has 104 valence electrons. The van der Waals surface area contributed by atoms with Crippen LogP contribution in [0.25, 0.3) is 0 Å². The summed E-state index contributed by atoms with van der Waals surface area (Å²) in [7, 11) is 0. The summed E-state index contributed by atoms with van der Waals surface area (Å²) in [5.74, 6) is 0. The standard InChI is InChI=1S/C16H17ClN2O/c1-2-12-7-9-14(10-8-12)19-16(20)18-11-13-5-3-4-6-15(13)17/h3-10H,2,11H2,1H3,(H2,18,19,20). The number of halogens is 1. The molecule has 0 radical (unpaired) electrons. The summed E-state index contributed by atoms with van der Waals surface area (Å²) < 4.78 is 0. The van der Waals surface area contributed by atoms with Crippen molar-refractivity contribution in [2.45, 2.75) is 19.9 Å². The van der Waals surface area contributed by atoms with Crippen molar-refractivity contribution in [1.82, 2.24) is 5.32 Å². The van der Waals surface area contributed by atoms with Gasteiger partial charge in [-0.05, 0) is 35.7 Å². The highest BCUT2D eigenvalue weighted by atomic mass is 35.5. The average molecular weight is 289 g/mol. The summed E-state index contributed by atoms with van der Waals surface area (Å²) in [5.41, 5.74) is 2.91. The predicted molar refractivity (Wildman–Crippen MR) is 83.1 cm³/mol. The van der Waals surface area contributed by atoms with E-state index in [0.29, 0.717) is 11.6 Å². The quantitative estimate of drug-likeness (QED) is 0.869. The Labute approximate surface area is 124 Å². The maximum atomic E-state index is 11.8. The van der Waals surface area contributed by atoms with Gasteiger partial charge in [-0.3, -0.25) is 0 Å². The molecule has 0 aliphatic rings. The van der Waals surface area contributed by atoms with E-state index in [1.54, 1.807) is 6.07 Å². The summed E-state index contributed by atoms with van der Waals surface area (Å²) in [6.07, 6.45) is 0.985. The second kappa shape index (κ2) is 6.96. The van der Waals surface area contributed by atoms with Gasteiger partial charge in [0, 0.05) is 17.3 Å². The second-order valence-corrected chi connectivity index (χ2v) is 4.86. The average Bonchev–Trinajstić information content (AvgIpc) is 2.47. The van der Waals surface area contributed by atoms with Crippen molar-refractivity contribution in [2.24, 2.45) is 0 Å². The summed E-state index contributed by atoms with van der Waals surface area (Å²) >= 11 is 6.03. The van der Waals surface area contributed by atoms with Crippen molar-refractivity contribution in [3.05, 3.63) is 64.7 Å². The first-order valence-electron chi connectivity index (χ1n) is 6.56. The van der Waals surface area contributed by atoms with Crippen LogP contribution in [0.3, 0.4) is 0 Å². The molecule has 2 rings (SSSR count). The van der Waals surface area contributed by atoms with Crippen LogP contribution in [-0.2, 0) is 13.0 Å². The first-order chi connectivity index (χ1) is 9.69. The zero-order valence-corrected chi connectivity index (χ0v) is 12.1. The molecule has 4 heteroatoms. The van der Waals surface area contributed by atoms with Gasteiger partial charge in [-0.1, -0.05) is 48.9 Å². The molecule has 0 spiro atoms. The number of carbonyl (C=O) groups is 1. The zero-order valence-electron chi connectivity index (χ0n) is 11.3. The highest BCUT2D eigenvalue weighted by Gasteiger charge is 2.03. The Hall–Kier alpha value is -2.00. The number of hydrogen-bond donors (Lipinski definition) is 2. The molecule has 0 aromatic heterocycles. The molecular formula is C16H17ClN2O. The van der Waals surface area contributed by atoms with Crippen LogP contribution in [0.15, 0.2) is 48.5 Å². The van der Waals surface area contributed by atoms with E-state index in [0.717, 1.165) is 17.7 Å². The monoisotopic (exact) mass is 288 g/mol. The van der Waals surface area contributed by atoms with Crippen LogP contribution in [0.4, 0.5) is 10.5 Å². The van der Waals surface area contributed by atoms with Crippen LogP contribution in [0.5, 0.6) is 0 Å². The Morgan fingerprint density at radius 3 is 2.45 bits per heavy atom. The maximum absolute atomic E-state index is 11.8. The van der Waals surface area contributed by atoms with Crippen LogP contribution < -0.4 is 10.6 Å². The van der Waals surface area contributed by atoms with Gasteiger partial charge in [0.05, 0.1) is 0 Å². The first-order valence-corrected chi connectivity index (χ1v) is 6.94. The maximum Gasteiger partial charge on any atom is 0.319 e. The molecule has 20 heavy (non-hydrogen) atoms. The molecule has 0 aliphatic carbocycles. The number of benzene rings is 2. The van der Waals surface area contributed by atoms with Gasteiger partial charge < -0.3 is 10.6 Å². The van der Waals surface area contributed by atoms with E-state index in [-0.39, 0.29) is 6.03 Å². The van der Waals surface area contributed by atoms with Crippen LogP contribution in [0.2, 0.25) is 5.02 Å². The van der Waals surface area contributed by atoms with Gasteiger partial charge in [-0.15, -0.1) is 0 Å². The minimum Gasteiger partial charge on any atom is -0.334 e. The molecule has 3 nitrogen and oxygen atoms in total. The van der Waals surface area contributed by atoms with Crippen molar-refractivity contribution in [1.29, 1.82) is 0 Å². The van der Waals surface area contributed by atoms with Gasteiger partial charge in [0.2, 0.25) is 0 Å². The van der Waals surface area contributed by atoms with Crippen molar-refractivity contribution in [3.8, 4) is 0 Å². The summed E-state index contributed by atoms with van der Waals surface area (Å²) in [6, 6.07) is 15.0. The Balaban J connectivity index is 1.87. The Morgan fingerprint density at radius 1 is 1.10 bits per heavy atom. The van der Waals surface area contributed by atoms with E-state index < -0.39 is 0 Å². The third kappa shape index (κ3) is 4.00. The number of rotatable bonds is 4. The summed E-state index contributed by atoms with van der Waals surface area (Å²) in [6.45, 7) is 2.50. The highest BCUT2D eigenvalue weighted by Crippen LogP contribution is 2.14. The lowest BCUT2D eigenvalue weighted by atomic mass is 10.1. The third-order valence-electron chi connectivity index (χ3n) is 3.02. The number of urea groups is 1. The first kappa shape index (κ1) is 14.4. The van der Waals surface area contributed by atoms with Crippen LogP contribution in [0, 0.1) is 0 Å². The molecule has 0 heterocycles. The van der Waals surface area contributed by atoms with Gasteiger partial charge in [0.25, 0.3) is 0 Å². The molecule has 2 aromatic rings. The second-order valence-electron chi connectivity index (χ2n) is 4.45. The van der Waals surface area contributed by atoms with Crippen molar-refractivity contribution >= 4 is 23.3 Å². The number of amides is 2. The number of hydrogen-bond acceptors (Lipinski definition) is 1. The minimum atomic E-state index is -0.242. The Kier molecular flexibility index (Phi) is 5.02. The molecule has 0 bridgehead atoms. The molecule has 0 saturated heterocycles. The van der Waals surface area contributed by atoms with Gasteiger partial charge >= 0.3 is 6.03 Å². The molecule has 2 N–H and O–H groups in total. The molecule has 0 aliphatic heterocycles. The largest absolute Gasteiger partial charge is 0.334 e. The zero-order chi connectivity index (χ0) is 14.4. The molecule has 0 unspecified atom stereocenters. The van der Waals surface area contributed by atoms with Crippen molar-refractivity contribution < 1.29 is 4.79 Å². The van der Waals surface area contributed by atoms with Gasteiger partial charge in [-0.25, -0.2) is 4.79 Å². The fraction of sp³-hybridized carbons (Fsp3) is 0.188. The van der Waals surface area contributed by atoms with Gasteiger partial charge in [0.1, 0.15) is 0 Å². The molecule has 2 aromatic carbocycles. The molecular weight excluding hydrogens is 272 g/mol. The van der Waals surface area contributed by atoms with Crippen LogP contribution in [0.1, 0.15) is 18.1 Å². The lowest BCUT2D eigenvalue weighted by molar-refractivity contribution is 0.251. The lowest BCUT2D eigenvalue weighted by Gasteiger charge is -2.09. The Bertz CT molecular complexity index is 581. The van der Waals surface area contributed by atoms with Crippen molar-refractivity contribution in [3.63, 3.8) is 0 Å². The summed E-state index contributed by atoms with van der Waals surface area (Å²) in [4.78, 5) is 11.8. The van der Waals surface area contributed by atoms with E-state index in [1.807, 2.05) is 42.5 Å². The van der Waals surface area contributed by atoms with Crippen LogP contribution >= 0.6 is 11.6 Å². The van der Waals surface area contributed by atoms with E-state index in [1.165, 1.54) is 5.56 Å². The van der Waals surface area contributed by atoms with E-state index in [4.69, 9.17) is 11.6 Å². The highest BCUT2D eigenvalue weighted by molar-refractivity contribution is 6.31. The fourth-order valence-corrected chi connectivity index (χ4v) is 2.02. The number of anilines is 1. The van der Waals surface area contributed by atoms with Gasteiger partial charge in [-0.2, -0.15) is 0 Å². The van der Waals surface area contributed by atoms with E-state index >= 15 is 0 Å². The normalized spacial score (nSPS) is 10.1. The molecule has 0 fully saturated rings. The molecule has 0 saturated carbocycles. The third-order valence-corrected chi connectivity index (χ3v) is 3.39. The SMILES string of the molecule is CCc1ccc(NC(=O)NCc2ccccc2Cl)cc1. The lowest BCUT2D eigenvalue weighted by Crippen LogP contribution is -2.28. The minimum absolute atomic E-state index is 0.242. The van der Waals surface area contributed by atoms with Crippen LogP contribution in [-0.4, -0.2) is 6.03 Å². The van der Waals surface area contributed by atoms with E-state index in [2.05, 4.69) is 17.6 Å². The number of aryl methyl sites for hydroxylation is 1. The van der Waals surface area contributed by atoms with Crippen molar-refractivity contribution in [2.75, 3.05) is 5.32 Å². The van der Waals surface area contributed by atoms with Gasteiger partial charge in [0.15, 0.2) is 0 Å². The fourth-order valence-electron chi connectivity index (χ4n) is 1.82. The number of nitrogens with one attached hydrogen (secondary N) is 2. The topological polar surface area (TPSA) is 41.1 Å².